The molecule has 0 nitrogen and oxygen atoms in total. The smallest absolute Gasteiger partial charge is 0.0297 e. The van der Waals surface area contributed by atoms with Crippen LogP contribution in [0, 0.1) is 11.3 Å². The summed E-state index contributed by atoms with van der Waals surface area (Å²) in [4.78, 5) is 0. The van der Waals surface area contributed by atoms with Gasteiger partial charge in [0, 0.05) is 0 Å². The predicted molar refractivity (Wildman–Crippen MR) is 53.2 cm³/mol. The molecule has 0 aliphatic heterocycles. The van der Waals surface area contributed by atoms with Gasteiger partial charge in [-0.15, -0.1) is 0 Å². The van der Waals surface area contributed by atoms with Crippen molar-refractivity contribution in [1.29, 1.82) is 0 Å². The fourth-order valence-corrected chi connectivity index (χ4v) is 3.18. The van der Waals surface area contributed by atoms with Crippen molar-refractivity contribution in [2.75, 3.05) is 0 Å². The van der Waals surface area contributed by atoms with Crippen LogP contribution in [0.2, 0.25) is 0 Å². The molecule has 2 aliphatic rings. The van der Waals surface area contributed by atoms with Crippen molar-refractivity contribution in [3.63, 3.8) is 0 Å². The molecule has 70 valence electrons. The van der Waals surface area contributed by atoms with E-state index in [-0.39, 0.29) is 0 Å². The molecule has 0 heteroatoms. The van der Waals surface area contributed by atoms with E-state index in [0.29, 0.717) is 0 Å². The maximum absolute atomic E-state index is 2.43. The second-order valence-electron chi connectivity index (χ2n) is 5.24. The van der Waals surface area contributed by atoms with Gasteiger partial charge < -0.3 is 0 Å². The Labute approximate surface area is 76.7 Å². The first-order chi connectivity index (χ1) is 5.81. The lowest BCUT2D eigenvalue weighted by molar-refractivity contribution is 0.102. The SMILES string of the molecule is CC1CCC2(CCCCC2)CC1. The molecular weight excluding hydrogens is 144 g/mol. The van der Waals surface area contributed by atoms with Gasteiger partial charge in [0.25, 0.3) is 0 Å². The van der Waals surface area contributed by atoms with E-state index >= 15 is 0 Å². The lowest BCUT2D eigenvalue weighted by Gasteiger charge is -2.42. The third-order valence-corrected chi connectivity index (χ3v) is 4.25. The van der Waals surface area contributed by atoms with E-state index < -0.39 is 0 Å². The molecule has 0 unspecified atom stereocenters. The molecule has 0 aromatic rings. The van der Waals surface area contributed by atoms with Gasteiger partial charge in [0.15, 0.2) is 0 Å². The van der Waals surface area contributed by atoms with Gasteiger partial charge in [-0.3, -0.25) is 0 Å². The van der Waals surface area contributed by atoms with Gasteiger partial charge in [-0.2, -0.15) is 0 Å². The molecule has 0 amide bonds. The lowest BCUT2D eigenvalue weighted by Crippen LogP contribution is -2.28. The Morgan fingerprint density at radius 1 is 0.833 bits per heavy atom. The van der Waals surface area contributed by atoms with Crippen molar-refractivity contribution >= 4 is 0 Å². The first kappa shape index (κ1) is 8.59. The minimum Gasteiger partial charge on any atom is -0.0625 e. The molecule has 1 spiro atoms. The van der Waals surface area contributed by atoms with Gasteiger partial charge in [0.1, 0.15) is 0 Å². The molecule has 2 saturated carbocycles. The van der Waals surface area contributed by atoms with E-state index in [1.54, 1.807) is 25.7 Å². The van der Waals surface area contributed by atoms with Crippen molar-refractivity contribution in [1.82, 2.24) is 0 Å². The molecule has 0 heterocycles. The molecule has 12 heavy (non-hydrogen) atoms. The summed E-state index contributed by atoms with van der Waals surface area (Å²) < 4.78 is 0. The standard InChI is InChI=1S/C12H22/c1-11-5-9-12(10-6-11)7-3-2-4-8-12/h11H,2-10H2,1H3. The Hall–Kier alpha value is 0. The zero-order valence-electron chi connectivity index (χ0n) is 8.44. The zero-order valence-corrected chi connectivity index (χ0v) is 8.44. The molecule has 0 aromatic carbocycles. The average Bonchev–Trinajstić information content (AvgIpc) is 2.13. The summed E-state index contributed by atoms with van der Waals surface area (Å²) in [6.07, 6.45) is 13.8. The fraction of sp³-hybridized carbons (Fsp3) is 1.00. The quantitative estimate of drug-likeness (QED) is 0.507. The Kier molecular flexibility index (Phi) is 2.43. The summed E-state index contributed by atoms with van der Waals surface area (Å²) in [7, 11) is 0. The van der Waals surface area contributed by atoms with Gasteiger partial charge in [-0.25, -0.2) is 0 Å². The van der Waals surface area contributed by atoms with Crippen LogP contribution in [0.15, 0.2) is 0 Å². The van der Waals surface area contributed by atoms with Crippen LogP contribution in [-0.4, -0.2) is 0 Å². The van der Waals surface area contributed by atoms with Crippen LogP contribution in [0.5, 0.6) is 0 Å². The first-order valence-corrected chi connectivity index (χ1v) is 5.81. The summed E-state index contributed by atoms with van der Waals surface area (Å²) in [5.41, 5.74) is 0.838. The average molecular weight is 166 g/mol. The lowest BCUT2D eigenvalue weighted by atomic mass is 9.63. The van der Waals surface area contributed by atoms with Gasteiger partial charge in [-0.1, -0.05) is 39.0 Å². The van der Waals surface area contributed by atoms with Crippen LogP contribution in [0.3, 0.4) is 0 Å². The van der Waals surface area contributed by atoms with Crippen LogP contribution >= 0.6 is 0 Å². The summed E-state index contributed by atoms with van der Waals surface area (Å²) in [6, 6.07) is 0. The third-order valence-electron chi connectivity index (χ3n) is 4.25. The van der Waals surface area contributed by atoms with Crippen molar-refractivity contribution in [2.45, 2.75) is 64.7 Å². The summed E-state index contributed by atoms with van der Waals surface area (Å²) >= 11 is 0. The van der Waals surface area contributed by atoms with E-state index in [1.807, 2.05) is 0 Å². The van der Waals surface area contributed by atoms with Crippen molar-refractivity contribution in [3.05, 3.63) is 0 Å². The maximum atomic E-state index is 2.43. The second-order valence-corrected chi connectivity index (χ2v) is 5.24. The van der Waals surface area contributed by atoms with Gasteiger partial charge in [0.05, 0.1) is 0 Å². The third kappa shape index (κ3) is 1.67. The number of hydrogen-bond donors (Lipinski definition) is 0. The molecule has 0 N–H and O–H groups in total. The highest BCUT2D eigenvalue weighted by Crippen LogP contribution is 2.48. The molecular formula is C12H22. The molecule has 0 bridgehead atoms. The largest absolute Gasteiger partial charge is 0.0625 e. The van der Waals surface area contributed by atoms with Crippen LogP contribution in [0.25, 0.3) is 0 Å². The number of hydrogen-bond acceptors (Lipinski definition) is 0. The molecule has 2 aliphatic carbocycles. The van der Waals surface area contributed by atoms with E-state index in [9.17, 15) is 0 Å². The van der Waals surface area contributed by atoms with E-state index in [1.165, 1.54) is 32.1 Å². The molecule has 0 aromatic heterocycles. The van der Waals surface area contributed by atoms with E-state index in [2.05, 4.69) is 6.92 Å². The van der Waals surface area contributed by atoms with Gasteiger partial charge in [-0.05, 0) is 37.0 Å². The topological polar surface area (TPSA) is 0 Å². The van der Waals surface area contributed by atoms with Crippen molar-refractivity contribution < 1.29 is 0 Å². The minimum absolute atomic E-state index is 0.838. The van der Waals surface area contributed by atoms with E-state index in [4.69, 9.17) is 0 Å². The molecule has 0 saturated heterocycles. The van der Waals surface area contributed by atoms with Crippen LogP contribution in [-0.2, 0) is 0 Å². The Morgan fingerprint density at radius 2 is 1.42 bits per heavy atom. The van der Waals surface area contributed by atoms with Crippen molar-refractivity contribution in [2.24, 2.45) is 11.3 Å². The van der Waals surface area contributed by atoms with Crippen LogP contribution in [0.1, 0.15) is 64.7 Å². The van der Waals surface area contributed by atoms with E-state index in [0.717, 1.165) is 11.3 Å². The van der Waals surface area contributed by atoms with Gasteiger partial charge >= 0.3 is 0 Å². The highest BCUT2D eigenvalue weighted by Gasteiger charge is 2.34. The molecule has 0 atom stereocenters. The first-order valence-electron chi connectivity index (χ1n) is 5.81. The molecule has 0 radical (unpaired) electrons. The molecule has 2 rings (SSSR count). The Bertz CT molecular complexity index is 132. The predicted octanol–water partition coefficient (Wildman–Crippen LogP) is 4.15. The highest BCUT2D eigenvalue weighted by atomic mass is 14.4. The highest BCUT2D eigenvalue weighted by molar-refractivity contribution is 4.86. The minimum atomic E-state index is 0.838. The number of rotatable bonds is 0. The fourth-order valence-electron chi connectivity index (χ4n) is 3.18. The summed E-state index contributed by atoms with van der Waals surface area (Å²) in [5.74, 6) is 1.03. The van der Waals surface area contributed by atoms with Crippen LogP contribution in [0.4, 0.5) is 0 Å². The van der Waals surface area contributed by atoms with Crippen molar-refractivity contribution in [3.8, 4) is 0 Å². The summed E-state index contributed by atoms with van der Waals surface area (Å²) in [5, 5.41) is 0. The van der Waals surface area contributed by atoms with Crippen LogP contribution < -0.4 is 0 Å². The van der Waals surface area contributed by atoms with Gasteiger partial charge in [0.2, 0.25) is 0 Å². The monoisotopic (exact) mass is 166 g/mol. The zero-order chi connectivity index (χ0) is 8.44. The molecule has 2 fully saturated rings. The second kappa shape index (κ2) is 3.40. The Morgan fingerprint density at radius 3 is 2.00 bits per heavy atom. The Balaban J connectivity index is 1.92. The maximum Gasteiger partial charge on any atom is -0.0297 e. The summed E-state index contributed by atoms with van der Waals surface area (Å²) in [6.45, 7) is 2.43. The normalized spacial score (nSPS) is 30.8.